The maximum absolute atomic E-state index is 5.76. The van der Waals surface area contributed by atoms with Gasteiger partial charge in [-0.2, -0.15) is 0 Å². The van der Waals surface area contributed by atoms with Crippen molar-refractivity contribution in [1.82, 2.24) is 9.97 Å². The molecule has 3 rings (SSSR count). The van der Waals surface area contributed by atoms with E-state index in [1.165, 1.54) is 18.4 Å². The van der Waals surface area contributed by atoms with E-state index in [1.54, 1.807) is 0 Å². The molecule has 1 aromatic heterocycles. The van der Waals surface area contributed by atoms with Crippen LogP contribution in [0, 0.1) is 0 Å². The molecule has 0 atom stereocenters. The summed E-state index contributed by atoms with van der Waals surface area (Å²) < 4.78 is 0. The molecule has 2 aromatic rings. The zero-order valence-electron chi connectivity index (χ0n) is 9.63. The molecule has 1 aliphatic carbocycles. The lowest BCUT2D eigenvalue weighted by molar-refractivity contribution is 0.953. The lowest BCUT2D eigenvalue weighted by atomic mass is 10.1. The second-order valence-corrected chi connectivity index (χ2v) is 4.58. The maximum atomic E-state index is 5.76. The Kier molecular flexibility index (Phi) is 2.52. The Morgan fingerprint density at radius 1 is 1.12 bits per heavy atom. The van der Waals surface area contributed by atoms with Gasteiger partial charge in [-0.3, -0.25) is 0 Å². The lowest BCUT2D eigenvalue weighted by Crippen LogP contribution is -2.03. The molecular formula is C14H15N3. The van der Waals surface area contributed by atoms with Gasteiger partial charge in [0, 0.05) is 18.0 Å². The van der Waals surface area contributed by atoms with Crippen molar-refractivity contribution in [3.05, 3.63) is 53.3 Å². The van der Waals surface area contributed by atoms with Crippen LogP contribution in [0.25, 0.3) is 0 Å². The van der Waals surface area contributed by atoms with E-state index in [0.29, 0.717) is 11.9 Å². The van der Waals surface area contributed by atoms with Crippen LogP contribution in [0.3, 0.4) is 0 Å². The van der Waals surface area contributed by atoms with Gasteiger partial charge >= 0.3 is 0 Å². The molecule has 0 aliphatic heterocycles. The normalized spacial score (nSPS) is 14.8. The first-order chi connectivity index (χ1) is 8.31. The second kappa shape index (κ2) is 4.17. The fourth-order valence-corrected chi connectivity index (χ4v) is 2.02. The average Bonchev–Trinajstić information content (AvgIpc) is 3.13. The van der Waals surface area contributed by atoms with Crippen LogP contribution in [0.2, 0.25) is 0 Å². The Morgan fingerprint density at radius 3 is 2.59 bits per heavy atom. The number of aromatic nitrogens is 2. The van der Waals surface area contributed by atoms with Crippen molar-refractivity contribution in [2.24, 2.45) is 0 Å². The van der Waals surface area contributed by atoms with E-state index in [9.17, 15) is 0 Å². The lowest BCUT2D eigenvalue weighted by Gasteiger charge is -2.05. The fourth-order valence-electron chi connectivity index (χ4n) is 2.02. The van der Waals surface area contributed by atoms with Gasteiger partial charge in [-0.1, -0.05) is 30.3 Å². The van der Waals surface area contributed by atoms with E-state index in [0.717, 1.165) is 17.8 Å². The summed E-state index contributed by atoms with van der Waals surface area (Å²) >= 11 is 0. The molecule has 1 heterocycles. The summed E-state index contributed by atoms with van der Waals surface area (Å²) in [6.07, 6.45) is 3.30. The van der Waals surface area contributed by atoms with Crippen LogP contribution in [0.15, 0.2) is 36.4 Å². The van der Waals surface area contributed by atoms with Crippen molar-refractivity contribution in [2.45, 2.75) is 25.2 Å². The zero-order chi connectivity index (χ0) is 11.7. The molecule has 2 N–H and O–H groups in total. The van der Waals surface area contributed by atoms with Crippen LogP contribution in [0.5, 0.6) is 0 Å². The topological polar surface area (TPSA) is 51.8 Å². The number of rotatable bonds is 3. The molecule has 86 valence electrons. The molecule has 0 spiro atoms. The Hall–Kier alpha value is -1.90. The number of nitrogen functional groups attached to an aromatic ring is 1. The SMILES string of the molecule is Nc1nc(Cc2ccccc2)cc(C2CC2)n1. The number of nitrogens with two attached hydrogens (primary N) is 1. The summed E-state index contributed by atoms with van der Waals surface area (Å²) in [5.41, 5.74) is 9.15. The minimum absolute atomic E-state index is 0.403. The van der Waals surface area contributed by atoms with E-state index in [1.807, 2.05) is 18.2 Å². The molecule has 3 heteroatoms. The second-order valence-electron chi connectivity index (χ2n) is 4.58. The molecule has 1 aliphatic rings. The summed E-state index contributed by atoms with van der Waals surface area (Å²) in [7, 11) is 0. The molecule has 1 aromatic carbocycles. The summed E-state index contributed by atoms with van der Waals surface area (Å²) in [6, 6.07) is 12.4. The van der Waals surface area contributed by atoms with Crippen molar-refractivity contribution < 1.29 is 0 Å². The van der Waals surface area contributed by atoms with Crippen LogP contribution in [0.4, 0.5) is 5.95 Å². The summed E-state index contributed by atoms with van der Waals surface area (Å²) in [4.78, 5) is 8.61. The van der Waals surface area contributed by atoms with Gasteiger partial charge in [0.05, 0.1) is 5.69 Å². The molecule has 0 radical (unpaired) electrons. The fraction of sp³-hybridized carbons (Fsp3) is 0.286. The number of benzene rings is 1. The van der Waals surface area contributed by atoms with Crippen LogP contribution in [0.1, 0.15) is 35.7 Å². The minimum Gasteiger partial charge on any atom is -0.368 e. The smallest absolute Gasteiger partial charge is 0.220 e. The highest BCUT2D eigenvalue weighted by molar-refractivity contribution is 5.30. The summed E-state index contributed by atoms with van der Waals surface area (Å²) in [5.74, 6) is 1.02. The standard InChI is InChI=1S/C14H15N3/c15-14-16-12(8-10-4-2-1-3-5-10)9-13(17-14)11-6-7-11/h1-5,9,11H,6-8H2,(H2,15,16,17). The predicted molar refractivity (Wildman–Crippen MR) is 67.7 cm³/mol. The molecule has 1 saturated carbocycles. The molecule has 0 amide bonds. The highest BCUT2D eigenvalue weighted by Crippen LogP contribution is 2.39. The minimum atomic E-state index is 0.403. The van der Waals surface area contributed by atoms with E-state index in [4.69, 9.17) is 5.73 Å². The van der Waals surface area contributed by atoms with Crippen LogP contribution < -0.4 is 5.73 Å². The molecule has 3 nitrogen and oxygen atoms in total. The van der Waals surface area contributed by atoms with E-state index in [2.05, 4.69) is 28.2 Å². The van der Waals surface area contributed by atoms with E-state index >= 15 is 0 Å². The van der Waals surface area contributed by atoms with Gasteiger partial charge in [-0.25, -0.2) is 9.97 Å². The molecule has 0 unspecified atom stereocenters. The summed E-state index contributed by atoms with van der Waals surface area (Å²) in [6.45, 7) is 0. The van der Waals surface area contributed by atoms with Gasteiger partial charge in [-0.15, -0.1) is 0 Å². The monoisotopic (exact) mass is 225 g/mol. The number of hydrogen-bond acceptors (Lipinski definition) is 3. The Morgan fingerprint density at radius 2 is 1.88 bits per heavy atom. The van der Waals surface area contributed by atoms with E-state index in [-0.39, 0.29) is 0 Å². The van der Waals surface area contributed by atoms with Gasteiger partial charge in [0.1, 0.15) is 0 Å². The Balaban J connectivity index is 1.87. The third-order valence-corrected chi connectivity index (χ3v) is 3.04. The molecule has 1 fully saturated rings. The van der Waals surface area contributed by atoms with Crippen molar-refractivity contribution in [3.63, 3.8) is 0 Å². The first-order valence-electron chi connectivity index (χ1n) is 5.98. The number of nitrogens with zero attached hydrogens (tertiary/aromatic N) is 2. The van der Waals surface area contributed by atoms with Crippen molar-refractivity contribution in [3.8, 4) is 0 Å². The van der Waals surface area contributed by atoms with Crippen molar-refractivity contribution >= 4 is 5.95 Å². The number of hydrogen-bond donors (Lipinski definition) is 1. The largest absolute Gasteiger partial charge is 0.368 e. The van der Waals surface area contributed by atoms with Gasteiger partial charge in [0.2, 0.25) is 5.95 Å². The Labute approximate surface area is 101 Å². The maximum Gasteiger partial charge on any atom is 0.220 e. The van der Waals surface area contributed by atoms with Crippen LogP contribution in [-0.4, -0.2) is 9.97 Å². The van der Waals surface area contributed by atoms with Gasteiger partial charge < -0.3 is 5.73 Å². The quantitative estimate of drug-likeness (QED) is 0.873. The third kappa shape index (κ3) is 2.44. The highest BCUT2D eigenvalue weighted by Gasteiger charge is 2.25. The zero-order valence-corrected chi connectivity index (χ0v) is 9.63. The molecule has 0 bridgehead atoms. The molecular weight excluding hydrogens is 210 g/mol. The summed E-state index contributed by atoms with van der Waals surface area (Å²) in [5, 5.41) is 0. The van der Waals surface area contributed by atoms with Crippen molar-refractivity contribution in [1.29, 1.82) is 0 Å². The third-order valence-electron chi connectivity index (χ3n) is 3.04. The van der Waals surface area contributed by atoms with Gasteiger partial charge in [-0.05, 0) is 24.5 Å². The van der Waals surface area contributed by atoms with E-state index < -0.39 is 0 Å². The Bertz CT molecular complexity index is 518. The van der Waals surface area contributed by atoms with Gasteiger partial charge in [0.25, 0.3) is 0 Å². The van der Waals surface area contributed by atoms with Gasteiger partial charge in [0.15, 0.2) is 0 Å². The van der Waals surface area contributed by atoms with Crippen LogP contribution >= 0.6 is 0 Å². The first kappa shape index (κ1) is 10.3. The predicted octanol–water partition coefficient (Wildman–Crippen LogP) is 2.53. The first-order valence-corrected chi connectivity index (χ1v) is 5.98. The average molecular weight is 225 g/mol. The van der Waals surface area contributed by atoms with Crippen LogP contribution in [-0.2, 0) is 6.42 Å². The molecule has 17 heavy (non-hydrogen) atoms. The molecule has 0 saturated heterocycles. The highest BCUT2D eigenvalue weighted by atomic mass is 15.0. The van der Waals surface area contributed by atoms with Crippen molar-refractivity contribution in [2.75, 3.05) is 5.73 Å². The number of anilines is 1.